The van der Waals surface area contributed by atoms with Gasteiger partial charge in [0.2, 0.25) is 5.91 Å². The number of hydrogen-bond acceptors (Lipinski definition) is 3. The predicted octanol–water partition coefficient (Wildman–Crippen LogP) is 5.03. The molecule has 0 bridgehead atoms. The molecule has 0 atom stereocenters. The summed E-state index contributed by atoms with van der Waals surface area (Å²) in [6, 6.07) is 20.7. The van der Waals surface area contributed by atoms with Crippen molar-refractivity contribution in [3.8, 4) is 0 Å². The van der Waals surface area contributed by atoms with E-state index in [0.29, 0.717) is 24.1 Å². The van der Waals surface area contributed by atoms with E-state index >= 15 is 0 Å². The molecular formula is C25H22F3N3O2. The number of nitrogens with one attached hydrogen (secondary N) is 3. The number of halogens is 3. The molecule has 0 radical (unpaired) electrons. The number of carbonyl (C=O) groups is 2. The second-order valence-corrected chi connectivity index (χ2v) is 7.95. The van der Waals surface area contributed by atoms with E-state index in [1.807, 2.05) is 6.07 Å². The van der Waals surface area contributed by atoms with Crippen molar-refractivity contribution in [2.24, 2.45) is 0 Å². The standard InChI is InChI=1S/C25H22F3N3O2/c26-25(27,28)20-8-4-5-9-21(20)30-19-12-10-17(11-13-19)16-29-23(33)24(14-15-24)31-22(32)18-6-2-1-3-7-18/h1-13,30H,14-16H2,(H,29,33)(H,31,32). The van der Waals surface area contributed by atoms with Gasteiger partial charge in [-0.05, 0) is 54.8 Å². The molecule has 1 saturated carbocycles. The summed E-state index contributed by atoms with van der Waals surface area (Å²) < 4.78 is 39.5. The molecule has 3 aromatic carbocycles. The number of carbonyl (C=O) groups excluding carboxylic acids is 2. The highest BCUT2D eigenvalue weighted by atomic mass is 19.4. The lowest BCUT2D eigenvalue weighted by molar-refractivity contribution is -0.137. The SMILES string of the molecule is O=C(NC1(C(=O)NCc2ccc(Nc3ccccc3C(F)(F)F)cc2)CC1)c1ccccc1. The summed E-state index contributed by atoms with van der Waals surface area (Å²) in [4.78, 5) is 25.0. The molecule has 0 unspecified atom stereocenters. The summed E-state index contributed by atoms with van der Waals surface area (Å²) in [5.41, 5.74) is 0.102. The molecule has 3 aromatic rings. The highest BCUT2D eigenvalue weighted by Crippen LogP contribution is 2.37. The van der Waals surface area contributed by atoms with Gasteiger partial charge in [-0.15, -0.1) is 0 Å². The van der Waals surface area contributed by atoms with Crippen LogP contribution in [0, 0.1) is 0 Å². The molecular weight excluding hydrogens is 431 g/mol. The summed E-state index contributed by atoms with van der Waals surface area (Å²) in [6.45, 7) is 0.237. The molecule has 2 amide bonds. The zero-order valence-electron chi connectivity index (χ0n) is 17.6. The highest BCUT2D eigenvalue weighted by molar-refractivity contribution is 6.00. The summed E-state index contributed by atoms with van der Waals surface area (Å²) in [5, 5.41) is 8.44. The maximum absolute atomic E-state index is 13.2. The lowest BCUT2D eigenvalue weighted by atomic mass is 10.1. The Kier molecular flexibility index (Phi) is 6.09. The van der Waals surface area contributed by atoms with Crippen molar-refractivity contribution in [1.29, 1.82) is 0 Å². The second kappa shape index (κ2) is 8.97. The Bertz CT molecular complexity index is 1140. The van der Waals surface area contributed by atoms with Gasteiger partial charge in [0.05, 0.1) is 11.3 Å². The van der Waals surface area contributed by atoms with Gasteiger partial charge in [-0.1, -0.05) is 42.5 Å². The third-order valence-corrected chi connectivity index (χ3v) is 5.49. The molecule has 4 rings (SSSR count). The van der Waals surface area contributed by atoms with Gasteiger partial charge in [-0.3, -0.25) is 9.59 Å². The smallest absolute Gasteiger partial charge is 0.355 e. The minimum atomic E-state index is -4.46. The largest absolute Gasteiger partial charge is 0.418 e. The number of para-hydroxylation sites is 1. The molecule has 5 nitrogen and oxygen atoms in total. The van der Waals surface area contributed by atoms with Crippen molar-refractivity contribution in [2.45, 2.75) is 31.1 Å². The quantitative estimate of drug-likeness (QED) is 0.470. The normalized spacial score (nSPS) is 14.3. The highest BCUT2D eigenvalue weighted by Gasteiger charge is 2.51. The first kappa shape index (κ1) is 22.4. The van der Waals surface area contributed by atoms with Gasteiger partial charge < -0.3 is 16.0 Å². The van der Waals surface area contributed by atoms with Crippen LogP contribution in [0.3, 0.4) is 0 Å². The Balaban J connectivity index is 1.34. The van der Waals surface area contributed by atoms with E-state index in [2.05, 4.69) is 16.0 Å². The fourth-order valence-corrected chi connectivity index (χ4v) is 3.47. The summed E-state index contributed by atoms with van der Waals surface area (Å²) in [5.74, 6) is -0.550. The first-order valence-corrected chi connectivity index (χ1v) is 10.4. The van der Waals surface area contributed by atoms with E-state index in [1.165, 1.54) is 18.2 Å². The van der Waals surface area contributed by atoms with Crippen LogP contribution in [0.1, 0.15) is 34.3 Å². The van der Waals surface area contributed by atoms with Crippen LogP contribution in [0.2, 0.25) is 0 Å². The number of amides is 2. The zero-order chi connectivity index (χ0) is 23.5. The maximum Gasteiger partial charge on any atom is 0.418 e. The fourth-order valence-electron chi connectivity index (χ4n) is 3.47. The lowest BCUT2D eigenvalue weighted by Gasteiger charge is -2.17. The van der Waals surface area contributed by atoms with E-state index < -0.39 is 17.3 Å². The average molecular weight is 453 g/mol. The predicted molar refractivity (Wildman–Crippen MR) is 119 cm³/mol. The van der Waals surface area contributed by atoms with Crippen molar-refractivity contribution >= 4 is 23.2 Å². The van der Waals surface area contributed by atoms with Gasteiger partial charge in [0.15, 0.2) is 0 Å². The molecule has 1 aliphatic carbocycles. The van der Waals surface area contributed by atoms with Crippen LogP contribution < -0.4 is 16.0 Å². The monoisotopic (exact) mass is 453 g/mol. The summed E-state index contributed by atoms with van der Waals surface area (Å²) >= 11 is 0. The Morgan fingerprint density at radius 1 is 0.848 bits per heavy atom. The van der Waals surface area contributed by atoms with Crippen molar-refractivity contribution < 1.29 is 22.8 Å². The summed E-state index contributed by atoms with van der Waals surface area (Å²) in [6.07, 6.45) is -3.32. The van der Waals surface area contributed by atoms with E-state index in [-0.39, 0.29) is 24.0 Å². The number of rotatable bonds is 7. The maximum atomic E-state index is 13.2. The van der Waals surface area contributed by atoms with Crippen molar-refractivity contribution in [1.82, 2.24) is 10.6 Å². The second-order valence-electron chi connectivity index (χ2n) is 7.95. The van der Waals surface area contributed by atoms with Crippen LogP contribution in [0.25, 0.3) is 0 Å². The van der Waals surface area contributed by atoms with Crippen molar-refractivity contribution in [3.63, 3.8) is 0 Å². The zero-order valence-corrected chi connectivity index (χ0v) is 17.6. The Hall–Kier alpha value is -3.81. The van der Waals surface area contributed by atoms with Crippen molar-refractivity contribution in [2.75, 3.05) is 5.32 Å². The van der Waals surface area contributed by atoms with Gasteiger partial charge in [0.1, 0.15) is 5.54 Å². The van der Waals surface area contributed by atoms with Gasteiger partial charge in [-0.2, -0.15) is 13.2 Å². The Morgan fingerprint density at radius 2 is 1.48 bits per heavy atom. The summed E-state index contributed by atoms with van der Waals surface area (Å²) in [7, 11) is 0. The van der Waals surface area contributed by atoms with E-state index in [0.717, 1.165) is 11.6 Å². The Morgan fingerprint density at radius 3 is 2.12 bits per heavy atom. The molecule has 3 N–H and O–H groups in total. The van der Waals surface area contributed by atoms with Crippen LogP contribution in [0.5, 0.6) is 0 Å². The number of hydrogen-bond donors (Lipinski definition) is 3. The average Bonchev–Trinajstić information content (AvgIpc) is 3.59. The van der Waals surface area contributed by atoms with Crippen LogP contribution in [0.4, 0.5) is 24.5 Å². The molecule has 8 heteroatoms. The number of alkyl halides is 3. The van der Waals surface area contributed by atoms with Gasteiger partial charge in [0, 0.05) is 17.8 Å². The minimum absolute atomic E-state index is 0.0316. The van der Waals surface area contributed by atoms with E-state index in [9.17, 15) is 22.8 Å². The molecule has 0 aromatic heterocycles. The molecule has 1 fully saturated rings. The molecule has 0 heterocycles. The minimum Gasteiger partial charge on any atom is -0.355 e. The number of anilines is 2. The van der Waals surface area contributed by atoms with Crippen LogP contribution in [-0.2, 0) is 17.5 Å². The van der Waals surface area contributed by atoms with Crippen LogP contribution >= 0.6 is 0 Å². The van der Waals surface area contributed by atoms with Crippen LogP contribution in [0.15, 0.2) is 78.9 Å². The molecule has 33 heavy (non-hydrogen) atoms. The fraction of sp³-hybridized carbons (Fsp3) is 0.200. The third kappa shape index (κ3) is 5.34. The molecule has 0 aliphatic heterocycles. The van der Waals surface area contributed by atoms with Gasteiger partial charge in [0.25, 0.3) is 5.91 Å². The van der Waals surface area contributed by atoms with E-state index in [1.54, 1.807) is 48.5 Å². The number of benzene rings is 3. The Labute approximate surface area is 189 Å². The molecule has 0 spiro atoms. The first-order valence-electron chi connectivity index (χ1n) is 10.4. The van der Waals surface area contributed by atoms with Crippen LogP contribution in [-0.4, -0.2) is 17.4 Å². The van der Waals surface area contributed by atoms with E-state index in [4.69, 9.17) is 0 Å². The molecule has 170 valence electrons. The van der Waals surface area contributed by atoms with Gasteiger partial charge in [-0.25, -0.2) is 0 Å². The molecule has 0 saturated heterocycles. The topological polar surface area (TPSA) is 70.2 Å². The lowest BCUT2D eigenvalue weighted by Crippen LogP contribution is -2.48. The third-order valence-electron chi connectivity index (χ3n) is 5.49. The van der Waals surface area contributed by atoms with Gasteiger partial charge >= 0.3 is 6.18 Å². The van der Waals surface area contributed by atoms with Crippen molar-refractivity contribution in [3.05, 3.63) is 95.6 Å². The molecule has 1 aliphatic rings. The first-order chi connectivity index (χ1) is 15.8.